The van der Waals surface area contributed by atoms with Crippen molar-refractivity contribution in [2.75, 3.05) is 0 Å². The van der Waals surface area contributed by atoms with Crippen LogP contribution in [0.25, 0.3) is 10.8 Å². The summed E-state index contributed by atoms with van der Waals surface area (Å²) in [6.45, 7) is 0.412. The Morgan fingerprint density at radius 2 is 1.78 bits per heavy atom. The topological polar surface area (TPSA) is 34.1 Å². The second-order valence-corrected chi connectivity index (χ2v) is 6.49. The minimum Gasteiger partial charge on any atom is -0.490 e. The number of benzene rings is 2. The van der Waals surface area contributed by atoms with Crippen LogP contribution in [0.15, 0.2) is 48.8 Å². The second-order valence-electron chi connectivity index (χ2n) is 6.49. The lowest BCUT2D eigenvalue weighted by atomic mass is 9.89. The van der Waals surface area contributed by atoms with Crippen molar-refractivity contribution in [1.82, 2.24) is 10.3 Å². The van der Waals surface area contributed by atoms with E-state index in [1.807, 2.05) is 6.07 Å². The Morgan fingerprint density at radius 1 is 1.00 bits per heavy atom. The molecular weight excluding hydrogens is 377 g/mol. The van der Waals surface area contributed by atoms with Crippen molar-refractivity contribution < 1.29 is 17.9 Å². The Balaban J connectivity index is 0.00000210. The van der Waals surface area contributed by atoms with Gasteiger partial charge in [-0.3, -0.25) is 4.98 Å². The first-order valence-electron chi connectivity index (χ1n) is 8.46. The molecule has 0 unspecified atom stereocenters. The molecule has 1 fully saturated rings. The maximum atomic E-state index is 14.2. The summed E-state index contributed by atoms with van der Waals surface area (Å²) in [5.74, 6) is -1.74. The van der Waals surface area contributed by atoms with Gasteiger partial charge in [-0.25, -0.2) is 13.2 Å². The summed E-state index contributed by atoms with van der Waals surface area (Å²) in [5.41, 5.74) is 0.620. The number of halogens is 4. The van der Waals surface area contributed by atoms with Crippen molar-refractivity contribution in [2.45, 2.75) is 31.5 Å². The number of nitrogens with zero attached hydrogens (tertiary/aromatic N) is 1. The van der Waals surface area contributed by atoms with E-state index in [4.69, 9.17) is 4.74 Å². The van der Waals surface area contributed by atoms with Crippen LogP contribution < -0.4 is 10.1 Å². The van der Waals surface area contributed by atoms with Gasteiger partial charge in [-0.1, -0.05) is 0 Å². The van der Waals surface area contributed by atoms with Gasteiger partial charge < -0.3 is 10.1 Å². The molecule has 1 N–H and O–H groups in total. The summed E-state index contributed by atoms with van der Waals surface area (Å²) < 4.78 is 45.9. The Hall–Kier alpha value is -2.31. The van der Waals surface area contributed by atoms with Crippen LogP contribution in [0.3, 0.4) is 0 Å². The fourth-order valence-corrected chi connectivity index (χ4v) is 3.20. The van der Waals surface area contributed by atoms with Gasteiger partial charge in [0.05, 0.1) is 0 Å². The molecule has 1 aliphatic carbocycles. The Morgan fingerprint density at radius 3 is 2.56 bits per heavy atom. The number of rotatable bonds is 5. The fourth-order valence-electron chi connectivity index (χ4n) is 3.20. The molecule has 0 spiro atoms. The molecule has 0 amide bonds. The number of ether oxygens (including phenoxy) is 1. The van der Waals surface area contributed by atoms with E-state index in [9.17, 15) is 13.2 Å². The summed E-state index contributed by atoms with van der Waals surface area (Å²) in [4.78, 5) is 4.06. The summed E-state index contributed by atoms with van der Waals surface area (Å²) in [6.07, 6.45) is 4.77. The van der Waals surface area contributed by atoms with Crippen molar-refractivity contribution in [3.63, 3.8) is 0 Å². The average Bonchev–Trinajstić information content (AvgIpc) is 2.61. The second kappa shape index (κ2) is 8.15. The van der Waals surface area contributed by atoms with Crippen LogP contribution in [0.2, 0.25) is 0 Å². The zero-order valence-corrected chi connectivity index (χ0v) is 15.1. The monoisotopic (exact) mass is 394 g/mol. The molecule has 0 atom stereocenters. The molecule has 1 saturated carbocycles. The van der Waals surface area contributed by atoms with Gasteiger partial charge in [0.25, 0.3) is 0 Å². The average molecular weight is 395 g/mol. The molecule has 1 aliphatic rings. The number of hydrogen-bond acceptors (Lipinski definition) is 3. The van der Waals surface area contributed by atoms with Crippen LogP contribution in [-0.2, 0) is 6.54 Å². The summed E-state index contributed by atoms with van der Waals surface area (Å²) in [6, 6.07) is 8.70. The zero-order valence-electron chi connectivity index (χ0n) is 14.3. The van der Waals surface area contributed by atoms with Crippen LogP contribution in [0, 0.1) is 17.5 Å². The number of aromatic nitrogens is 1. The first-order valence-corrected chi connectivity index (χ1v) is 8.46. The van der Waals surface area contributed by atoms with Crippen LogP contribution in [-0.4, -0.2) is 17.1 Å². The Kier molecular flexibility index (Phi) is 5.87. The summed E-state index contributed by atoms with van der Waals surface area (Å²) in [7, 11) is 0. The van der Waals surface area contributed by atoms with E-state index in [1.165, 1.54) is 12.1 Å². The molecular formula is C20H18ClF3N2O. The largest absolute Gasteiger partial charge is 0.490 e. The molecule has 1 aromatic heterocycles. The molecule has 27 heavy (non-hydrogen) atoms. The first kappa shape index (κ1) is 19.5. The van der Waals surface area contributed by atoms with E-state index in [2.05, 4.69) is 10.3 Å². The molecule has 0 aliphatic heterocycles. The number of nitrogens with one attached hydrogen (secondary N) is 1. The van der Waals surface area contributed by atoms with Gasteiger partial charge in [0.1, 0.15) is 17.7 Å². The van der Waals surface area contributed by atoms with Gasteiger partial charge in [0.15, 0.2) is 11.6 Å². The van der Waals surface area contributed by atoms with Crippen LogP contribution in [0.4, 0.5) is 13.2 Å². The highest BCUT2D eigenvalue weighted by Crippen LogP contribution is 2.28. The van der Waals surface area contributed by atoms with E-state index in [0.717, 1.165) is 35.7 Å². The molecule has 142 valence electrons. The van der Waals surface area contributed by atoms with Gasteiger partial charge in [-0.05, 0) is 48.6 Å². The molecule has 0 radical (unpaired) electrons. The third kappa shape index (κ3) is 4.17. The highest BCUT2D eigenvalue weighted by molar-refractivity contribution is 5.85. The molecule has 7 heteroatoms. The van der Waals surface area contributed by atoms with E-state index >= 15 is 0 Å². The molecule has 0 bridgehead atoms. The van der Waals surface area contributed by atoms with Crippen LogP contribution in [0.1, 0.15) is 18.4 Å². The van der Waals surface area contributed by atoms with E-state index in [-0.39, 0.29) is 30.4 Å². The smallest absolute Gasteiger partial charge is 0.162 e. The predicted molar refractivity (Wildman–Crippen MR) is 99.6 cm³/mol. The fraction of sp³-hybridized carbons (Fsp3) is 0.250. The van der Waals surface area contributed by atoms with Crippen molar-refractivity contribution in [3.8, 4) is 5.75 Å². The maximum absolute atomic E-state index is 14.2. The molecule has 2 aromatic carbocycles. The van der Waals surface area contributed by atoms with E-state index < -0.39 is 11.6 Å². The van der Waals surface area contributed by atoms with Crippen molar-refractivity contribution in [3.05, 3.63) is 71.8 Å². The third-order valence-corrected chi connectivity index (χ3v) is 4.73. The minimum absolute atomic E-state index is 0. The quantitative estimate of drug-likeness (QED) is 0.676. The summed E-state index contributed by atoms with van der Waals surface area (Å²) >= 11 is 0. The first-order chi connectivity index (χ1) is 12.6. The normalized spacial score (nSPS) is 18.6. The van der Waals surface area contributed by atoms with Gasteiger partial charge in [-0.2, -0.15) is 0 Å². The van der Waals surface area contributed by atoms with Gasteiger partial charge in [-0.15, -0.1) is 12.4 Å². The standard InChI is InChI=1S/C20H17F3N2O.ClH/c21-18-3-1-12-10-24-6-5-16(12)17(18)11-25-13-7-15(8-13)26-14-2-4-19(22)20(23)9-14;/h1-6,9-10,13,15,25H,7-8,11H2;1H. The molecule has 1 heterocycles. The highest BCUT2D eigenvalue weighted by Gasteiger charge is 2.30. The van der Waals surface area contributed by atoms with E-state index in [1.54, 1.807) is 18.5 Å². The molecule has 0 saturated heterocycles. The lowest BCUT2D eigenvalue weighted by molar-refractivity contribution is 0.0838. The van der Waals surface area contributed by atoms with Gasteiger partial charge >= 0.3 is 0 Å². The van der Waals surface area contributed by atoms with Gasteiger partial charge in [0.2, 0.25) is 0 Å². The predicted octanol–water partition coefficient (Wildman–Crippen LogP) is 4.77. The van der Waals surface area contributed by atoms with Crippen molar-refractivity contribution >= 4 is 23.2 Å². The number of hydrogen-bond donors (Lipinski definition) is 1. The molecule has 3 nitrogen and oxygen atoms in total. The SMILES string of the molecule is Cl.Fc1ccc(OC2CC(NCc3c(F)ccc4cnccc34)C2)cc1F. The van der Waals surface area contributed by atoms with Crippen molar-refractivity contribution in [1.29, 1.82) is 0 Å². The summed E-state index contributed by atoms with van der Waals surface area (Å²) in [5, 5.41) is 5.08. The maximum Gasteiger partial charge on any atom is 0.162 e. The molecule has 3 aromatic rings. The number of fused-ring (bicyclic) bond motifs is 1. The van der Waals surface area contributed by atoms with E-state index in [0.29, 0.717) is 17.9 Å². The Bertz CT molecular complexity index is 948. The number of pyridine rings is 1. The minimum atomic E-state index is -0.919. The van der Waals surface area contributed by atoms with Crippen LogP contribution in [0.5, 0.6) is 5.75 Å². The van der Waals surface area contributed by atoms with Gasteiger partial charge in [0, 0.05) is 42.0 Å². The van der Waals surface area contributed by atoms with Crippen LogP contribution >= 0.6 is 12.4 Å². The zero-order chi connectivity index (χ0) is 18.1. The third-order valence-electron chi connectivity index (χ3n) is 4.73. The lowest BCUT2D eigenvalue weighted by Gasteiger charge is -2.36. The van der Waals surface area contributed by atoms with Crippen molar-refractivity contribution in [2.24, 2.45) is 0 Å². The lowest BCUT2D eigenvalue weighted by Crippen LogP contribution is -2.46. The Labute approximate surface area is 161 Å². The molecule has 4 rings (SSSR count). The highest BCUT2D eigenvalue weighted by atomic mass is 35.5.